The van der Waals surface area contributed by atoms with Crippen LogP contribution < -0.4 is 5.32 Å². The molecule has 0 radical (unpaired) electrons. The van der Waals surface area contributed by atoms with Gasteiger partial charge in [0.15, 0.2) is 0 Å². The number of fused-ring (bicyclic) bond motifs is 1. The number of amides is 1. The van der Waals surface area contributed by atoms with Crippen LogP contribution in [0.4, 0.5) is 0 Å². The Morgan fingerprint density at radius 1 is 1.27 bits per heavy atom. The Kier molecular flexibility index (Phi) is 4.99. The minimum Gasteiger partial charge on any atom is -0.345 e. The fourth-order valence-electron chi connectivity index (χ4n) is 2.43. The Hall–Kier alpha value is -2.42. The van der Waals surface area contributed by atoms with Gasteiger partial charge in [0.25, 0.3) is 5.91 Å². The van der Waals surface area contributed by atoms with E-state index < -0.39 is 15.9 Å². The molecule has 0 aliphatic rings. The van der Waals surface area contributed by atoms with Crippen molar-refractivity contribution in [2.75, 3.05) is 14.1 Å². The lowest BCUT2D eigenvalue weighted by molar-refractivity contribution is 0.0949. The van der Waals surface area contributed by atoms with Gasteiger partial charge in [-0.2, -0.15) is 0 Å². The molecule has 26 heavy (non-hydrogen) atoms. The van der Waals surface area contributed by atoms with Crippen LogP contribution in [0.1, 0.15) is 16.2 Å². The van der Waals surface area contributed by atoms with E-state index in [2.05, 4.69) is 10.3 Å². The lowest BCUT2D eigenvalue weighted by atomic mass is 10.2. The first-order valence-electron chi connectivity index (χ1n) is 7.72. The fourth-order valence-corrected chi connectivity index (χ4v) is 3.57. The molecule has 1 aromatic carbocycles. The van der Waals surface area contributed by atoms with Gasteiger partial charge in [0.05, 0.1) is 33.7 Å². The standard InChI is InChI=1S/C17H17ClN4O3S/c1-21(2)26(24,25)13-6-7-15(18)14(9-13)17(23)20-11-16-19-10-12-5-3-4-8-22(12)16/h3-10H,11H2,1-2H3,(H,20,23). The molecule has 9 heteroatoms. The summed E-state index contributed by atoms with van der Waals surface area (Å²) in [7, 11) is -0.811. The predicted molar refractivity (Wildman–Crippen MR) is 98.7 cm³/mol. The van der Waals surface area contributed by atoms with Crippen molar-refractivity contribution in [2.24, 2.45) is 0 Å². The Bertz CT molecular complexity index is 1080. The topological polar surface area (TPSA) is 83.8 Å². The summed E-state index contributed by atoms with van der Waals surface area (Å²) in [6, 6.07) is 9.72. The van der Waals surface area contributed by atoms with E-state index in [1.54, 1.807) is 6.20 Å². The van der Waals surface area contributed by atoms with Crippen LogP contribution in [0, 0.1) is 0 Å². The van der Waals surface area contributed by atoms with Gasteiger partial charge in [0, 0.05) is 20.3 Å². The quantitative estimate of drug-likeness (QED) is 0.721. The molecule has 7 nitrogen and oxygen atoms in total. The van der Waals surface area contributed by atoms with Gasteiger partial charge in [-0.05, 0) is 30.3 Å². The molecule has 0 saturated heterocycles. The molecule has 1 N–H and O–H groups in total. The number of pyridine rings is 1. The van der Waals surface area contributed by atoms with Crippen LogP contribution in [-0.2, 0) is 16.6 Å². The molecule has 0 aliphatic carbocycles. The monoisotopic (exact) mass is 392 g/mol. The molecule has 136 valence electrons. The third-order valence-electron chi connectivity index (χ3n) is 3.88. The first-order chi connectivity index (χ1) is 12.3. The summed E-state index contributed by atoms with van der Waals surface area (Å²) in [6.45, 7) is 0.179. The zero-order valence-corrected chi connectivity index (χ0v) is 15.8. The minimum atomic E-state index is -3.66. The molecular formula is C17H17ClN4O3S. The molecule has 0 spiro atoms. The van der Waals surface area contributed by atoms with Crippen molar-refractivity contribution in [2.45, 2.75) is 11.4 Å². The lowest BCUT2D eigenvalue weighted by Gasteiger charge is -2.13. The zero-order valence-electron chi connectivity index (χ0n) is 14.2. The third-order valence-corrected chi connectivity index (χ3v) is 6.02. The average Bonchev–Trinajstić information content (AvgIpc) is 3.03. The van der Waals surface area contributed by atoms with Crippen molar-refractivity contribution in [3.05, 3.63) is 65.2 Å². The predicted octanol–water partition coefficient (Wildman–Crippen LogP) is 2.17. The van der Waals surface area contributed by atoms with Crippen molar-refractivity contribution in [3.63, 3.8) is 0 Å². The van der Waals surface area contributed by atoms with E-state index >= 15 is 0 Å². The van der Waals surface area contributed by atoms with Gasteiger partial charge in [0.2, 0.25) is 10.0 Å². The number of imidazole rings is 1. The molecule has 0 unspecified atom stereocenters. The summed E-state index contributed by atoms with van der Waals surface area (Å²) in [5, 5.41) is 2.90. The minimum absolute atomic E-state index is 0.00307. The summed E-state index contributed by atoms with van der Waals surface area (Å²) in [5.41, 5.74) is 1.00. The van der Waals surface area contributed by atoms with Crippen LogP contribution in [0.5, 0.6) is 0 Å². The van der Waals surface area contributed by atoms with Crippen LogP contribution in [0.25, 0.3) is 5.52 Å². The van der Waals surface area contributed by atoms with Crippen LogP contribution in [-0.4, -0.2) is 42.1 Å². The van der Waals surface area contributed by atoms with Gasteiger partial charge in [-0.15, -0.1) is 0 Å². The highest BCUT2D eigenvalue weighted by atomic mass is 35.5. The molecular weight excluding hydrogens is 376 g/mol. The van der Waals surface area contributed by atoms with Crippen molar-refractivity contribution >= 4 is 33.0 Å². The van der Waals surface area contributed by atoms with Gasteiger partial charge in [-0.3, -0.25) is 4.79 Å². The molecule has 0 bridgehead atoms. The summed E-state index contributed by atoms with van der Waals surface area (Å²) < 4.78 is 27.4. The number of sulfonamides is 1. The van der Waals surface area contributed by atoms with Gasteiger partial charge in [-0.25, -0.2) is 17.7 Å². The first kappa shape index (κ1) is 18.4. The van der Waals surface area contributed by atoms with Crippen LogP contribution in [0.3, 0.4) is 0 Å². The summed E-state index contributed by atoms with van der Waals surface area (Å²) in [4.78, 5) is 16.8. The van der Waals surface area contributed by atoms with E-state index in [1.165, 1.54) is 32.3 Å². The summed E-state index contributed by atoms with van der Waals surface area (Å²) >= 11 is 6.09. The van der Waals surface area contributed by atoms with Gasteiger partial charge >= 0.3 is 0 Å². The maximum atomic E-state index is 12.5. The van der Waals surface area contributed by atoms with Gasteiger partial charge in [0.1, 0.15) is 5.82 Å². The van der Waals surface area contributed by atoms with E-state index in [1.807, 2.05) is 28.8 Å². The van der Waals surface area contributed by atoms with Crippen LogP contribution in [0.2, 0.25) is 5.02 Å². The molecule has 0 saturated carbocycles. The van der Waals surface area contributed by atoms with Gasteiger partial charge in [-0.1, -0.05) is 17.7 Å². The van der Waals surface area contributed by atoms with Crippen molar-refractivity contribution < 1.29 is 13.2 Å². The molecule has 3 rings (SSSR count). The Morgan fingerprint density at radius 2 is 2.04 bits per heavy atom. The second-order valence-electron chi connectivity index (χ2n) is 5.78. The largest absolute Gasteiger partial charge is 0.345 e. The molecule has 3 aromatic rings. The van der Waals surface area contributed by atoms with E-state index in [4.69, 9.17) is 11.6 Å². The number of hydrogen-bond donors (Lipinski definition) is 1. The number of nitrogens with zero attached hydrogens (tertiary/aromatic N) is 3. The van der Waals surface area contributed by atoms with E-state index in [0.29, 0.717) is 5.82 Å². The average molecular weight is 393 g/mol. The lowest BCUT2D eigenvalue weighted by Crippen LogP contribution is -2.26. The smallest absolute Gasteiger partial charge is 0.253 e. The fraction of sp³-hybridized carbons (Fsp3) is 0.176. The highest BCUT2D eigenvalue weighted by Gasteiger charge is 2.21. The molecule has 0 fully saturated rings. The molecule has 2 heterocycles. The second kappa shape index (κ2) is 7.06. The SMILES string of the molecule is CN(C)S(=O)(=O)c1ccc(Cl)c(C(=O)NCc2ncc3ccccn23)c1. The highest BCUT2D eigenvalue weighted by molar-refractivity contribution is 7.89. The molecule has 1 amide bonds. The number of aromatic nitrogens is 2. The number of hydrogen-bond acceptors (Lipinski definition) is 4. The van der Waals surface area contributed by atoms with Crippen molar-refractivity contribution in [1.29, 1.82) is 0 Å². The van der Waals surface area contributed by atoms with Crippen LogP contribution in [0.15, 0.2) is 53.7 Å². The summed E-state index contributed by atoms with van der Waals surface area (Å²) in [5.74, 6) is 0.181. The Labute approximate surface area is 156 Å². The van der Waals surface area contributed by atoms with Crippen molar-refractivity contribution in [1.82, 2.24) is 19.0 Å². The number of halogens is 1. The maximum absolute atomic E-state index is 12.5. The molecule has 2 aromatic heterocycles. The maximum Gasteiger partial charge on any atom is 0.253 e. The van der Waals surface area contributed by atoms with Crippen LogP contribution >= 0.6 is 11.6 Å². The summed E-state index contributed by atoms with van der Waals surface area (Å²) in [6.07, 6.45) is 3.56. The molecule has 0 atom stereocenters. The molecule has 0 aliphatic heterocycles. The Morgan fingerprint density at radius 3 is 2.77 bits per heavy atom. The van der Waals surface area contributed by atoms with E-state index in [-0.39, 0.29) is 22.0 Å². The van der Waals surface area contributed by atoms with Gasteiger partial charge < -0.3 is 9.72 Å². The normalized spacial score (nSPS) is 11.8. The number of carbonyl (C=O) groups is 1. The number of carbonyl (C=O) groups excluding carboxylic acids is 1. The highest BCUT2D eigenvalue weighted by Crippen LogP contribution is 2.22. The van der Waals surface area contributed by atoms with E-state index in [9.17, 15) is 13.2 Å². The van der Waals surface area contributed by atoms with Crippen molar-refractivity contribution in [3.8, 4) is 0 Å². The number of nitrogens with one attached hydrogen (secondary N) is 1. The third kappa shape index (κ3) is 3.44. The number of rotatable bonds is 5. The second-order valence-corrected chi connectivity index (χ2v) is 8.34. The first-order valence-corrected chi connectivity index (χ1v) is 9.54. The van der Waals surface area contributed by atoms with E-state index in [0.717, 1.165) is 9.82 Å². The Balaban J connectivity index is 1.84. The zero-order chi connectivity index (χ0) is 18.9. The number of benzene rings is 1.